The number of hydrogen-bond donors (Lipinski definition) is 2. The minimum atomic E-state index is -1.82. The van der Waals surface area contributed by atoms with E-state index >= 15 is 0 Å². The summed E-state index contributed by atoms with van der Waals surface area (Å²) in [4.78, 5) is 10.5. The summed E-state index contributed by atoms with van der Waals surface area (Å²) in [6.45, 7) is 1.08. The van der Waals surface area contributed by atoms with Crippen LogP contribution in [-0.4, -0.2) is 54.7 Å². The summed E-state index contributed by atoms with van der Waals surface area (Å²) in [7, 11) is 0. The fourth-order valence-corrected chi connectivity index (χ4v) is 2.07. The Morgan fingerprint density at radius 2 is 2.56 bits per heavy atom. The van der Waals surface area contributed by atoms with Gasteiger partial charge in [-0.3, -0.25) is 10.1 Å². The Labute approximate surface area is 106 Å². The molecule has 18 heavy (non-hydrogen) atoms. The largest absolute Gasteiger partial charge is 0.350 e. The minimum absolute atomic E-state index is 0.123. The van der Waals surface area contributed by atoms with E-state index in [2.05, 4.69) is 15.6 Å². The van der Waals surface area contributed by atoms with Crippen LogP contribution in [-0.2, 0) is 33.6 Å². The third kappa shape index (κ3) is 3.67. The van der Waals surface area contributed by atoms with Crippen LogP contribution in [0.15, 0.2) is 6.20 Å². The van der Waals surface area contributed by atoms with Crippen molar-refractivity contribution in [2.24, 2.45) is 0 Å². The van der Waals surface area contributed by atoms with E-state index in [0.717, 1.165) is 0 Å². The molecule has 100 valence electrons. The fraction of sp³-hybridized carbons (Fsp3) is 0.667. The van der Waals surface area contributed by atoms with E-state index in [4.69, 9.17) is 9.29 Å². The second-order valence-corrected chi connectivity index (χ2v) is 4.98. The highest BCUT2D eigenvalue weighted by Crippen LogP contribution is 2.06. The van der Waals surface area contributed by atoms with Crippen LogP contribution >= 0.6 is 0 Å². The van der Waals surface area contributed by atoms with Crippen LogP contribution in [0.4, 0.5) is 0 Å². The van der Waals surface area contributed by atoms with Gasteiger partial charge in [-0.15, -0.1) is 5.10 Å². The zero-order valence-corrected chi connectivity index (χ0v) is 10.4. The molecule has 2 N–H and O–H groups in total. The van der Waals surface area contributed by atoms with Gasteiger partial charge in [-0.25, -0.2) is 8.89 Å². The summed E-state index contributed by atoms with van der Waals surface area (Å²) >= 11 is -1.82. The number of aryl methyl sites for hydroxylation is 1. The molecule has 0 bridgehead atoms. The molecule has 3 unspecified atom stereocenters. The lowest BCUT2D eigenvalue weighted by molar-refractivity contribution is -0.118. The molecule has 0 spiro atoms. The van der Waals surface area contributed by atoms with Gasteiger partial charge in [0.15, 0.2) is 23.6 Å². The molecule has 1 aromatic rings. The first-order valence-electron chi connectivity index (χ1n) is 5.48. The van der Waals surface area contributed by atoms with Gasteiger partial charge in [0.1, 0.15) is 0 Å². The van der Waals surface area contributed by atoms with Crippen LogP contribution in [0.1, 0.15) is 5.69 Å². The number of aldehydes is 1. The van der Waals surface area contributed by atoms with Crippen molar-refractivity contribution in [1.29, 1.82) is 0 Å². The van der Waals surface area contributed by atoms with Gasteiger partial charge >= 0.3 is 0 Å². The summed E-state index contributed by atoms with van der Waals surface area (Å²) in [6.07, 6.45) is 2.16. The smallest absolute Gasteiger partial charge is 0.165 e. The van der Waals surface area contributed by atoms with E-state index < -0.39 is 17.3 Å². The highest BCUT2D eigenvalue weighted by Gasteiger charge is 2.24. The summed E-state index contributed by atoms with van der Waals surface area (Å²) in [5.74, 6) is 0.146. The van der Waals surface area contributed by atoms with Crippen molar-refractivity contribution < 1.29 is 18.3 Å². The zero-order valence-electron chi connectivity index (χ0n) is 9.56. The number of nitrogens with one attached hydrogen (secondary N) is 1. The maximum Gasteiger partial charge on any atom is 0.165 e. The molecule has 3 atom stereocenters. The van der Waals surface area contributed by atoms with Crippen molar-refractivity contribution in [3.8, 4) is 0 Å². The van der Waals surface area contributed by atoms with E-state index in [0.29, 0.717) is 31.5 Å². The van der Waals surface area contributed by atoms with Gasteiger partial charge in [0.05, 0.1) is 24.1 Å². The molecule has 1 aliphatic rings. The zero-order chi connectivity index (χ0) is 13.0. The SMILES string of the molecule is O=CC1NCC(Cn2cc(CCS(=O)O)nn2)O1. The number of nitrogens with zero attached hydrogens (tertiary/aromatic N) is 3. The molecule has 1 aromatic heterocycles. The van der Waals surface area contributed by atoms with Gasteiger partial charge in [0.25, 0.3) is 0 Å². The molecule has 2 rings (SSSR count). The van der Waals surface area contributed by atoms with E-state index in [1.165, 1.54) is 0 Å². The summed E-state index contributed by atoms with van der Waals surface area (Å²) in [6, 6.07) is 0. The quantitative estimate of drug-likeness (QED) is 0.483. The van der Waals surface area contributed by atoms with Crippen molar-refractivity contribution in [2.45, 2.75) is 25.3 Å². The molecule has 1 aliphatic heterocycles. The topological polar surface area (TPSA) is 106 Å². The van der Waals surface area contributed by atoms with Crippen molar-refractivity contribution in [1.82, 2.24) is 20.3 Å². The Hall–Kier alpha value is -1.16. The van der Waals surface area contributed by atoms with Crippen molar-refractivity contribution >= 4 is 17.4 Å². The number of hydrogen-bond acceptors (Lipinski definition) is 6. The van der Waals surface area contributed by atoms with Crippen LogP contribution in [0.3, 0.4) is 0 Å². The van der Waals surface area contributed by atoms with Crippen LogP contribution in [0.5, 0.6) is 0 Å². The van der Waals surface area contributed by atoms with Crippen molar-refractivity contribution in [2.75, 3.05) is 12.3 Å². The summed E-state index contributed by atoms with van der Waals surface area (Å²) in [5.41, 5.74) is 0.662. The minimum Gasteiger partial charge on any atom is -0.350 e. The van der Waals surface area contributed by atoms with Gasteiger partial charge in [-0.1, -0.05) is 5.21 Å². The van der Waals surface area contributed by atoms with Crippen LogP contribution < -0.4 is 5.32 Å². The predicted octanol–water partition coefficient (Wildman–Crippen LogP) is -1.44. The molecule has 2 heterocycles. The van der Waals surface area contributed by atoms with Gasteiger partial charge in [-0.2, -0.15) is 0 Å². The molecule has 0 saturated carbocycles. The molecule has 0 aliphatic carbocycles. The average molecular weight is 274 g/mol. The molecule has 9 heteroatoms. The van der Waals surface area contributed by atoms with Crippen LogP contribution in [0.25, 0.3) is 0 Å². The number of carbonyl (C=O) groups excluding carboxylic acids is 1. The first-order valence-corrected chi connectivity index (χ1v) is 6.75. The van der Waals surface area contributed by atoms with Crippen LogP contribution in [0, 0.1) is 0 Å². The van der Waals surface area contributed by atoms with Crippen molar-refractivity contribution in [3.63, 3.8) is 0 Å². The lowest BCUT2D eigenvalue weighted by Gasteiger charge is -2.07. The molecule has 0 radical (unpaired) electrons. The Kier molecular flexibility index (Phi) is 4.53. The molecule has 0 aromatic carbocycles. The van der Waals surface area contributed by atoms with Crippen molar-refractivity contribution in [3.05, 3.63) is 11.9 Å². The Morgan fingerprint density at radius 1 is 1.72 bits per heavy atom. The second-order valence-electron chi connectivity index (χ2n) is 3.93. The molecular weight excluding hydrogens is 260 g/mol. The Morgan fingerprint density at radius 3 is 3.22 bits per heavy atom. The monoisotopic (exact) mass is 274 g/mol. The first-order chi connectivity index (χ1) is 8.67. The number of aromatic nitrogens is 3. The van der Waals surface area contributed by atoms with E-state index in [1.54, 1.807) is 10.9 Å². The molecule has 0 amide bonds. The molecule has 1 saturated heterocycles. The lowest BCUT2D eigenvalue weighted by Crippen LogP contribution is -2.23. The van der Waals surface area contributed by atoms with E-state index in [-0.39, 0.29) is 11.9 Å². The van der Waals surface area contributed by atoms with Crippen LogP contribution in [0.2, 0.25) is 0 Å². The first kappa shape index (κ1) is 13.3. The van der Waals surface area contributed by atoms with Gasteiger partial charge in [0, 0.05) is 19.2 Å². The van der Waals surface area contributed by atoms with Gasteiger partial charge < -0.3 is 9.29 Å². The van der Waals surface area contributed by atoms with E-state index in [1.807, 2.05) is 0 Å². The summed E-state index contributed by atoms with van der Waals surface area (Å²) in [5, 5.41) is 10.7. The molecular formula is C9H14N4O4S. The highest BCUT2D eigenvalue weighted by atomic mass is 32.2. The third-order valence-corrected chi connectivity index (χ3v) is 3.07. The standard InChI is InChI=1S/C9H14N4O4S/c14-6-9-10-3-8(17-9)5-13-4-7(11-12-13)1-2-18(15)16/h4,6,8-10H,1-3,5H2,(H,15,16). The maximum absolute atomic E-state index is 10.5. The normalized spacial score (nSPS) is 25.2. The van der Waals surface area contributed by atoms with Gasteiger partial charge in [-0.05, 0) is 0 Å². The lowest BCUT2D eigenvalue weighted by atomic mass is 10.3. The maximum atomic E-state index is 10.5. The molecule has 8 nitrogen and oxygen atoms in total. The Bertz CT molecular complexity index is 438. The second kappa shape index (κ2) is 6.14. The fourth-order valence-electron chi connectivity index (χ4n) is 1.68. The number of rotatable bonds is 6. The summed E-state index contributed by atoms with van der Waals surface area (Å²) < 4.78 is 26.2. The number of ether oxygens (including phenoxy) is 1. The van der Waals surface area contributed by atoms with Gasteiger partial charge in [0.2, 0.25) is 0 Å². The number of carbonyl (C=O) groups is 1. The van der Waals surface area contributed by atoms with E-state index in [9.17, 15) is 9.00 Å². The highest BCUT2D eigenvalue weighted by molar-refractivity contribution is 7.79. The molecule has 1 fully saturated rings. The third-order valence-electron chi connectivity index (χ3n) is 2.52. The Balaban J connectivity index is 1.83. The predicted molar refractivity (Wildman–Crippen MR) is 62.1 cm³/mol. The average Bonchev–Trinajstić information content (AvgIpc) is 2.96.